The number of rotatable bonds is 7. The molecule has 1 N–H and O–H groups in total. The zero-order valence-electron chi connectivity index (χ0n) is 20.9. The van der Waals surface area contributed by atoms with Crippen LogP contribution < -0.4 is 5.32 Å². The maximum absolute atomic E-state index is 12.7. The third kappa shape index (κ3) is 5.83. The summed E-state index contributed by atoms with van der Waals surface area (Å²) < 4.78 is 0. The molecule has 2 amide bonds. The number of thioether (sulfide) groups is 1. The van der Waals surface area contributed by atoms with Crippen LogP contribution in [0, 0.1) is 6.92 Å². The number of hydrogen-bond acceptors (Lipinski definition) is 4. The van der Waals surface area contributed by atoms with Crippen LogP contribution in [0.25, 0.3) is 22.3 Å². The van der Waals surface area contributed by atoms with Gasteiger partial charge >= 0.3 is 0 Å². The zero-order valence-corrected chi connectivity index (χ0v) is 21.7. The van der Waals surface area contributed by atoms with Crippen molar-refractivity contribution < 1.29 is 9.59 Å². The van der Waals surface area contributed by atoms with Gasteiger partial charge in [0.05, 0.1) is 12.2 Å². The highest BCUT2D eigenvalue weighted by Crippen LogP contribution is 2.27. The first-order chi connectivity index (χ1) is 17.4. The van der Waals surface area contributed by atoms with Crippen LogP contribution in [0.1, 0.15) is 32.0 Å². The van der Waals surface area contributed by atoms with E-state index in [9.17, 15) is 9.59 Å². The molecule has 5 nitrogen and oxygen atoms in total. The van der Waals surface area contributed by atoms with Gasteiger partial charge < -0.3 is 10.2 Å². The number of nitrogens with zero attached hydrogens (tertiary/aromatic N) is 2. The van der Waals surface area contributed by atoms with E-state index in [1.807, 2.05) is 86.0 Å². The summed E-state index contributed by atoms with van der Waals surface area (Å²) in [6, 6.07) is 25.6. The summed E-state index contributed by atoms with van der Waals surface area (Å²) in [4.78, 5) is 32.2. The van der Waals surface area contributed by atoms with Gasteiger partial charge in [0.1, 0.15) is 0 Å². The molecule has 0 spiro atoms. The lowest BCUT2D eigenvalue weighted by atomic mass is 9.98. The van der Waals surface area contributed by atoms with Crippen LogP contribution >= 0.6 is 11.8 Å². The Balaban J connectivity index is 1.52. The van der Waals surface area contributed by atoms with E-state index < -0.39 is 0 Å². The van der Waals surface area contributed by atoms with Gasteiger partial charge in [-0.3, -0.25) is 14.6 Å². The van der Waals surface area contributed by atoms with Crippen molar-refractivity contribution in [1.29, 1.82) is 0 Å². The first-order valence-corrected chi connectivity index (χ1v) is 12.9. The molecule has 6 heteroatoms. The fourth-order valence-electron chi connectivity index (χ4n) is 3.96. The molecule has 0 saturated heterocycles. The van der Waals surface area contributed by atoms with E-state index in [1.165, 1.54) is 0 Å². The summed E-state index contributed by atoms with van der Waals surface area (Å²) in [6.45, 7) is 2.38. The molecule has 0 bridgehead atoms. The van der Waals surface area contributed by atoms with E-state index in [2.05, 4.69) is 16.4 Å². The number of pyridine rings is 1. The van der Waals surface area contributed by atoms with E-state index in [0.29, 0.717) is 17.7 Å². The van der Waals surface area contributed by atoms with Crippen molar-refractivity contribution in [3.63, 3.8) is 0 Å². The number of hydrogen-bond donors (Lipinski definition) is 1. The van der Waals surface area contributed by atoms with E-state index >= 15 is 0 Å². The van der Waals surface area contributed by atoms with E-state index in [1.54, 1.807) is 37.0 Å². The minimum absolute atomic E-state index is 0.0239. The summed E-state index contributed by atoms with van der Waals surface area (Å²) in [6.07, 6.45) is 3.77. The predicted molar refractivity (Wildman–Crippen MR) is 147 cm³/mol. The number of carbonyl (C=O) groups is 2. The lowest BCUT2D eigenvalue weighted by Gasteiger charge is -2.12. The maximum Gasteiger partial charge on any atom is 0.253 e. The standard InChI is InChI=1S/C30H29N3O2S/c1-20-11-12-25(18-28(20)36-4)29(34)32-19-27-17-24(13-14-31-27)22-8-5-7-21(15-22)23-9-6-10-26(16-23)30(35)33(2)3/h5-18H,19H2,1-4H3,(H,32,34). The Morgan fingerprint density at radius 3 is 2.19 bits per heavy atom. The quantitative estimate of drug-likeness (QED) is 0.316. The molecule has 36 heavy (non-hydrogen) atoms. The van der Waals surface area contributed by atoms with Crippen LogP contribution in [-0.4, -0.2) is 42.0 Å². The normalized spacial score (nSPS) is 10.7. The molecule has 3 aromatic carbocycles. The fourth-order valence-corrected chi connectivity index (χ4v) is 4.59. The SMILES string of the molecule is CSc1cc(C(=O)NCc2cc(-c3cccc(-c4cccc(C(=O)N(C)C)c4)c3)ccn2)ccc1C. The van der Waals surface area contributed by atoms with Gasteiger partial charge in [-0.25, -0.2) is 0 Å². The van der Waals surface area contributed by atoms with Crippen molar-refractivity contribution in [2.75, 3.05) is 20.4 Å². The van der Waals surface area contributed by atoms with Crippen molar-refractivity contribution in [2.24, 2.45) is 0 Å². The van der Waals surface area contributed by atoms with Crippen LogP contribution in [-0.2, 0) is 6.54 Å². The number of amides is 2. The van der Waals surface area contributed by atoms with E-state index in [0.717, 1.165) is 38.4 Å². The van der Waals surface area contributed by atoms with Crippen molar-refractivity contribution in [3.8, 4) is 22.3 Å². The largest absolute Gasteiger partial charge is 0.346 e. The van der Waals surface area contributed by atoms with Crippen LogP contribution in [0.3, 0.4) is 0 Å². The maximum atomic E-state index is 12.7. The number of benzene rings is 3. The summed E-state index contributed by atoms with van der Waals surface area (Å²) >= 11 is 1.63. The molecule has 0 fully saturated rings. The van der Waals surface area contributed by atoms with Crippen LogP contribution in [0.15, 0.2) is 90.0 Å². The van der Waals surface area contributed by atoms with Crippen molar-refractivity contribution in [2.45, 2.75) is 18.4 Å². The summed E-state index contributed by atoms with van der Waals surface area (Å²) in [5.41, 5.74) is 7.29. The molecule has 0 aliphatic rings. The van der Waals surface area contributed by atoms with Crippen molar-refractivity contribution >= 4 is 23.6 Å². The molecular formula is C30H29N3O2S. The highest BCUT2D eigenvalue weighted by atomic mass is 32.2. The first-order valence-electron chi connectivity index (χ1n) is 11.7. The van der Waals surface area contributed by atoms with Gasteiger partial charge in [-0.1, -0.05) is 36.4 Å². The zero-order chi connectivity index (χ0) is 25.7. The average molecular weight is 496 g/mol. The molecule has 4 rings (SSSR count). The van der Waals surface area contributed by atoms with Gasteiger partial charge in [0.15, 0.2) is 0 Å². The number of aromatic nitrogens is 1. The molecular weight excluding hydrogens is 466 g/mol. The van der Waals surface area contributed by atoms with Crippen molar-refractivity contribution in [3.05, 3.63) is 107 Å². The Kier molecular flexibility index (Phi) is 7.86. The third-order valence-corrected chi connectivity index (χ3v) is 6.84. The van der Waals surface area contributed by atoms with Gasteiger partial charge in [0.2, 0.25) is 0 Å². The van der Waals surface area contributed by atoms with E-state index in [4.69, 9.17) is 0 Å². The molecule has 0 aliphatic heterocycles. The third-order valence-electron chi connectivity index (χ3n) is 5.96. The number of aryl methyl sites for hydroxylation is 1. The molecule has 0 radical (unpaired) electrons. The highest BCUT2D eigenvalue weighted by molar-refractivity contribution is 7.98. The molecule has 1 heterocycles. The van der Waals surface area contributed by atoms with Crippen molar-refractivity contribution in [1.82, 2.24) is 15.2 Å². The lowest BCUT2D eigenvalue weighted by Crippen LogP contribution is -2.23. The summed E-state index contributed by atoms with van der Waals surface area (Å²) in [5, 5.41) is 2.98. The first kappa shape index (κ1) is 25.2. The molecule has 0 atom stereocenters. The van der Waals surface area contributed by atoms with Crippen LogP contribution in [0.5, 0.6) is 0 Å². The molecule has 1 aromatic heterocycles. The molecule has 182 valence electrons. The van der Waals surface area contributed by atoms with Gasteiger partial charge in [0, 0.05) is 36.3 Å². The molecule has 0 unspecified atom stereocenters. The monoisotopic (exact) mass is 495 g/mol. The Hall–Kier alpha value is -3.90. The Bertz CT molecular complexity index is 1410. The van der Waals surface area contributed by atoms with Crippen LogP contribution in [0.2, 0.25) is 0 Å². The Labute approximate surface area is 216 Å². The minimum atomic E-state index is -0.119. The predicted octanol–water partition coefficient (Wildman–Crippen LogP) is 6.08. The van der Waals surface area contributed by atoms with Crippen LogP contribution in [0.4, 0.5) is 0 Å². The average Bonchev–Trinajstić information content (AvgIpc) is 2.91. The summed E-state index contributed by atoms with van der Waals surface area (Å²) in [7, 11) is 3.50. The Morgan fingerprint density at radius 1 is 0.833 bits per heavy atom. The molecule has 0 aliphatic carbocycles. The molecule has 4 aromatic rings. The molecule has 0 saturated carbocycles. The van der Waals surface area contributed by atoms with Gasteiger partial charge in [-0.15, -0.1) is 11.8 Å². The summed E-state index contributed by atoms with van der Waals surface area (Å²) in [5.74, 6) is -0.143. The second kappa shape index (κ2) is 11.2. The second-order valence-corrected chi connectivity index (χ2v) is 9.61. The van der Waals surface area contributed by atoms with E-state index in [-0.39, 0.29) is 11.8 Å². The smallest absolute Gasteiger partial charge is 0.253 e. The minimum Gasteiger partial charge on any atom is -0.346 e. The fraction of sp³-hybridized carbons (Fsp3) is 0.167. The number of nitrogens with one attached hydrogen (secondary N) is 1. The second-order valence-electron chi connectivity index (χ2n) is 8.76. The van der Waals surface area contributed by atoms with Gasteiger partial charge in [-0.05, 0) is 83.5 Å². The highest BCUT2D eigenvalue weighted by Gasteiger charge is 2.11. The van der Waals surface area contributed by atoms with Gasteiger partial charge in [0.25, 0.3) is 11.8 Å². The lowest BCUT2D eigenvalue weighted by molar-refractivity contribution is 0.0827. The topological polar surface area (TPSA) is 62.3 Å². The Morgan fingerprint density at radius 2 is 1.50 bits per heavy atom. The number of carbonyl (C=O) groups excluding carboxylic acids is 2. The van der Waals surface area contributed by atoms with Gasteiger partial charge in [-0.2, -0.15) is 0 Å².